The van der Waals surface area contributed by atoms with Crippen molar-refractivity contribution in [3.05, 3.63) is 53.6 Å². The second-order valence-corrected chi connectivity index (χ2v) is 9.11. The van der Waals surface area contributed by atoms with E-state index in [0.29, 0.717) is 19.0 Å². The Morgan fingerprint density at radius 3 is 2.69 bits per heavy atom. The zero-order valence-corrected chi connectivity index (χ0v) is 19.1. The molecule has 8 heteroatoms. The van der Waals surface area contributed by atoms with Crippen molar-refractivity contribution in [2.75, 3.05) is 25.5 Å². The minimum absolute atomic E-state index is 0.0709. The molecule has 7 nitrogen and oxygen atoms in total. The van der Waals surface area contributed by atoms with E-state index >= 15 is 0 Å². The first-order chi connectivity index (χ1) is 15.6. The lowest BCUT2D eigenvalue weighted by Crippen LogP contribution is -2.32. The summed E-state index contributed by atoms with van der Waals surface area (Å²) in [5, 5.41) is 9.39. The average Bonchev–Trinajstić information content (AvgIpc) is 3.45. The molecule has 166 valence electrons. The van der Waals surface area contributed by atoms with Crippen LogP contribution in [0.3, 0.4) is 0 Å². The van der Waals surface area contributed by atoms with Crippen molar-refractivity contribution < 1.29 is 14.3 Å². The Kier molecular flexibility index (Phi) is 5.78. The maximum Gasteiger partial charge on any atom is 0.233 e. The number of carbonyl (C=O) groups is 1. The largest absolute Gasteiger partial charge is 0.486 e. The lowest BCUT2D eigenvalue weighted by Gasteiger charge is -2.26. The number of thioether (sulfide) groups is 1. The van der Waals surface area contributed by atoms with E-state index in [9.17, 15) is 4.79 Å². The first-order valence-electron chi connectivity index (χ1n) is 10.9. The summed E-state index contributed by atoms with van der Waals surface area (Å²) in [5.41, 5.74) is 3.32. The van der Waals surface area contributed by atoms with E-state index in [1.165, 1.54) is 17.3 Å². The Morgan fingerprint density at radius 2 is 1.88 bits per heavy atom. The minimum Gasteiger partial charge on any atom is -0.486 e. The number of likely N-dealkylation sites (tertiary alicyclic amines) is 1. The minimum atomic E-state index is 0.0709. The summed E-state index contributed by atoms with van der Waals surface area (Å²) in [6.45, 7) is 3.96. The average molecular weight is 451 g/mol. The van der Waals surface area contributed by atoms with Gasteiger partial charge in [-0.3, -0.25) is 4.79 Å². The van der Waals surface area contributed by atoms with Gasteiger partial charge in [-0.15, -0.1) is 10.2 Å². The van der Waals surface area contributed by atoms with Crippen LogP contribution in [-0.2, 0) is 11.8 Å². The Labute approximate surface area is 191 Å². The molecule has 0 aliphatic carbocycles. The third-order valence-corrected chi connectivity index (χ3v) is 7.00. The fourth-order valence-corrected chi connectivity index (χ4v) is 5.08. The van der Waals surface area contributed by atoms with Crippen LogP contribution in [-0.4, -0.2) is 51.1 Å². The fourth-order valence-electron chi connectivity index (χ4n) is 4.28. The van der Waals surface area contributed by atoms with Crippen LogP contribution in [0, 0.1) is 6.92 Å². The summed E-state index contributed by atoms with van der Waals surface area (Å²) in [5.74, 6) is 2.80. The van der Waals surface area contributed by atoms with Gasteiger partial charge in [0.05, 0.1) is 11.8 Å². The summed E-state index contributed by atoms with van der Waals surface area (Å²) in [6.07, 6.45) is 1.95. The molecule has 1 aromatic heterocycles. The molecule has 0 unspecified atom stereocenters. The molecule has 2 aliphatic heterocycles. The van der Waals surface area contributed by atoms with Crippen LogP contribution >= 0.6 is 11.8 Å². The van der Waals surface area contributed by atoms with E-state index in [2.05, 4.69) is 29.3 Å². The highest BCUT2D eigenvalue weighted by atomic mass is 32.2. The number of aromatic nitrogens is 3. The summed E-state index contributed by atoms with van der Waals surface area (Å²) in [7, 11) is 1.94. The molecule has 5 rings (SSSR count). The molecular weight excluding hydrogens is 424 g/mol. The third-order valence-electron chi connectivity index (χ3n) is 5.99. The summed E-state index contributed by atoms with van der Waals surface area (Å²) < 4.78 is 13.3. The van der Waals surface area contributed by atoms with Crippen LogP contribution in [0.4, 0.5) is 0 Å². The van der Waals surface area contributed by atoms with Crippen LogP contribution in [0.15, 0.2) is 47.6 Å². The molecule has 0 radical (unpaired) electrons. The molecule has 0 spiro atoms. The molecule has 32 heavy (non-hydrogen) atoms. The van der Waals surface area contributed by atoms with Crippen molar-refractivity contribution >= 4 is 17.7 Å². The number of nitrogens with zero attached hydrogens (tertiary/aromatic N) is 4. The Balaban J connectivity index is 1.26. The zero-order valence-electron chi connectivity index (χ0n) is 18.3. The molecule has 0 N–H and O–H groups in total. The molecule has 3 aromatic rings. The molecule has 0 bridgehead atoms. The van der Waals surface area contributed by atoms with E-state index in [0.717, 1.165) is 53.0 Å². The first-order valence-corrected chi connectivity index (χ1v) is 11.9. The van der Waals surface area contributed by atoms with E-state index in [1.807, 2.05) is 46.8 Å². The summed E-state index contributed by atoms with van der Waals surface area (Å²) >= 11 is 1.43. The monoisotopic (exact) mass is 450 g/mol. The summed E-state index contributed by atoms with van der Waals surface area (Å²) in [4.78, 5) is 15.1. The van der Waals surface area contributed by atoms with E-state index in [1.54, 1.807) is 0 Å². The van der Waals surface area contributed by atoms with E-state index in [-0.39, 0.29) is 11.9 Å². The SMILES string of the molecule is Cc1ccc(-c2nnc(SCC(=O)N3CCC[C@@H]3c3ccc4c(c3)OCCO4)n2C)cc1. The smallest absolute Gasteiger partial charge is 0.233 e. The Hall–Kier alpha value is -3.00. The van der Waals surface area contributed by atoms with Gasteiger partial charge in [0.15, 0.2) is 22.5 Å². The van der Waals surface area contributed by atoms with E-state index in [4.69, 9.17) is 9.47 Å². The highest BCUT2D eigenvalue weighted by Crippen LogP contribution is 2.38. The van der Waals surface area contributed by atoms with Crippen LogP contribution < -0.4 is 9.47 Å². The summed E-state index contributed by atoms with van der Waals surface area (Å²) in [6, 6.07) is 14.3. The number of hydrogen-bond acceptors (Lipinski definition) is 6. The van der Waals surface area contributed by atoms with Crippen molar-refractivity contribution in [2.45, 2.75) is 31.0 Å². The quantitative estimate of drug-likeness (QED) is 0.547. The van der Waals surface area contributed by atoms with Gasteiger partial charge in [0, 0.05) is 19.2 Å². The van der Waals surface area contributed by atoms with E-state index < -0.39 is 0 Å². The number of carbonyl (C=O) groups excluding carboxylic acids is 1. The van der Waals surface area contributed by atoms with Crippen LogP contribution in [0.5, 0.6) is 11.5 Å². The number of ether oxygens (including phenoxy) is 2. The van der Waals surface area contributed by atoms with Crippen molar-refractivity contribution in [3.8, 4) is 22.9 Å². The number of benzene rings is 2. The Bertz CT molecular complexity index is 1130. The number of fused-ring (bicyclic) bond motifs is 1. The van der Waals surface area contributed by atoms with Gasteiger partial charge in [-0.1, -0.05) is 47.7 Å². The maximum atomic E-state index is 13.1. The highest BCUT2D eigenvalue weighted by molar-refractivity contribution is 7.99. The van der Waals surface area contributed by atoms with Crippen molar-refractivity contribution in [1.29, 1.82) is 0 Å². The van der Waals surface area contributed by atoms with Gasteiger partial charge >= 0.3 is 0 Å². The standard InChI is InChI=1S/C24H26N4O3S/c1-16-5-7-17(8-6-16)23-25-26-24(27(23)2)32-15-22(29)28-11-3-4-19(28)18-9-10-20-21(14-18)31-13-12-30-20/h5-10,14,19H,3-4,11-13,15H2,1-2H3/t19-/m1/s1. The second-order valence-electron chi connectivity index (χ2n) is 8.17. The van der Waals surface area contributed by atoms with Crippen LogP contribution in [0.2, 0.25) is 0 Å². The molecule has 1 fully saturated rings. The molecule has 1 saturated heterocycles. The molecule has 3 heterocycles. The zero-order chi connectivity index (χ0) is 22.1. The molecule has 2 aliphatic rings. The van der Waals surface area contributed by atoms with Gasteiger partial charge in [-0.25, -0.2) is 0 Å². The van der Waals surface area contributed by atoms with Crippen LogP contribution in [0.25, 0.3) is 11.4 Å². The first kappa shape index (κ1) is 20.9. The molecule has 1 atom stereocenters. The maximum absolute atomic E-state index is 13.1. The van der Waals surface area contributed by atoms with Gasteiger partial charge in [-0.2, -0.15) is 0 Å². The molecular formula is C24H26N4O3S. The Morgan fingerprint density at radius 1 is 1.09 bits per heavy atom. The predicted octanol–water partition coefficient (Wildman–Crippen LogP) is 4.02. The van der Waals surface area contributed by atoms with Crippen molar-refractivity contribution in [3.63, 3.8) is 0 Å². The number of aryl methyl sites for hydroxylation is 1. The predicted molar refractivity (Wildman–Crippen MR) is 123 cm³/mol. The number of amides is 1. The molecule has 2 aromatic carbocycles. The van der Waals surface area contributed by atoms with Gasteiger partial charge in [0.1, 0.15) is 13.2 Å². The number of rotatable bonds is 5. The number of hydrogen-bond donors (Lipinski definition) is 0. The van der Waals surface area contributed by atoms with Gasteiger partial charge in [-0.05, 0) is 37.5 Å². The molecule has 1 amide bonds. The highest BCUT2D eigenvalue weighted by Gasteiger charge is 2.31. The van der Waals surface area contributed by atoms with Crippen molar-refractivity contribution in [1.82, 2.24) is 19.7 Å². The lowest BCUT2D eigenvalue weighted by atomic mass is 10.0. The van der Waals surface area contributed by atoms with Crippen molar-refractivity contribution in [2.24, 2.45) is 7.05 Å². The normalized spacial score (nSPS) is 17.6. The second kappa shape index (κ2) is 8.86. The third kappa shape index (κ3) is 4.07. The fraction of sp³-hybridized carbons (Fsp3) is 0.375. The molecule has 0 saturated carbocycles. The topological polar surface area (TPSA) is 69.5 Å². The van der Waals surface area contributed by atoms with Gasteiger partial charge in [0.25, 0.3) is 0 Å². The lowest BCUT2D eigenvalue weighted by molar-refractivity contribution is -0.129. The van der Waals surface area contributed by atoms with Crippen LogP contribution in [0.1, 0.15) is 30.0 Å². The van der Waals surface area contributed by atoms with Gasteiger partial charge < -0.3 is 18.9 Å². The van der Waals surface area contributed by atoms with Gasteiger partial charge in [0.2, 0.25) is 5.91 Å².